The lowest BCUT2D eigenvalue weighted by atomic mass is 9.94. The third-order valence-electron chi connectivity index (χ3n) is 2.81. The lowest BCUT2D eigenvalue weighted by molar-refractivity contribution is 0.176. The van der Waals surface area contributed by atoms with E-state index in [1.54, 1.807) is 0 Å². The molecule has 0 aromatic rings. The highest BCUT2D eigenvalue weighted by Gasteiger charge is 2.52. The van der Waals surface area contributed by atoms with Crippen LogP contribution in [0.3, 0.4) is 0 Å². The molecule has 0 spiro atoms. The van der Waals surface area contributed by atoms with Gasteiger partial charge in [0.2, 0.25) is 0 Å². The minimum Gasteiger partial charge on any atom is -0.325 e. The maximum atomic E-state index is 13.2. The molecular formula is C7H12FN. The van der Waals surface area contributed by atoms with Crippen LogP contribution in [0.1, 0.15) is 32.1 Å². The standard InChI is InChI=1S/C7H12FN/c8-6-1-3-7(9,5-6)4-2-6/h1-5,9H2. The lowest BCUT2D eigenvalue weighted by Crippen LogP contribution is -2.33. The molecule has 0 radical (unpaired) electrons. The highest BCUT2D eigenvalue weighted by atomic mass is 19.1. The van der Waals surface area contributed by atoms with E-state index in [0.29, 0.717) is 19.3 Å². The molecule has 0 atom stereocenters. The molecular weight excluding hydrogens is 117 g/mol. The van der Waals surface area contributed by atoms with Crippen LogP contribution in [0, 0.1) is 0 Å². The summed E-state index contributed by atoms with van der Waals surface area (Å²) in [6.45, 7) is 0. The van der Waals surface area contributed by atoms with Gasteiger partial charge in [-0.25, -0.2) is 4.39 Å². The first-order valence-corrected chi connectivity index (χ1v) is 3.60. The molecule has 2 aliphatic rings. The van der Waals surface area contributed by atoms with E-state index in [1.165, 1.54) is 0 Å². The van der Waals surface area contributed by atoms with Crippen LogP contribution < -0.4 is 5.73 Å². The summed E-state index contributed by atoms with van der Waals surface area (Å²) in [5.74, 6) is 0. The number of fused-ring (bicyclic) bond motifs is 2. The van der Waals surface area contributed by atoms with E-state index in [0.717, 1.165) is 12.8 Å². The third-order valence-corrected chi connectivity index (χ3v) is 2.81. The highest BCUT2D eigenvalue weighted by Crippen LogP contribution is 2.51. The predicted octanol–water partition coefficient (Wildman–Crippen LogP) is 1.37. The summed E-state index contributed by atoms with van der Waals surface area (Å²) >= 11 is 0. The lowest BCUT2D eigenvalue weighted by Gasteiger charge is -2.19. The van der Waals surface area contributed by atoms with Crippen LogP contribution in [0.4, 0.5) is 4.39 Å². The maximum absolute atomic E-state index is 13.2. The van der Waals surface area contributed by atoms with Gasteiger partial charge in [0.1, 0.15) is 5.67 Å². The van der Waals surface area contributed by atoms with Crippen molar-refractivity contribution in [3.63, 3.8) is 0 Å². The van der Waals surface area contributed by atoms with Crippen molar-refractivity contribution in [2.45, 2.75) is 43.3 Å². The van der Waals surface area contributed by atoms with Crippen molar-refractivity contribution in [3.8, 4) is 0 Å². The van der Waals surface area contributed by atoms with E-state index >= 15 is 0 Å². The second-order valence-corrected chi connectivity index (χ2v) is 3.69. The largest absolute Gasteiger partial charge is 0.325 e. The topological polar surface area (TPSA) is 26.0 Å². The quantitative estimate of drug-likeness (QED) is 0.525. The number of halogens is 1. The van der Waals surface area contributed by atoms with Gasteiger partial charge in [0.05, 0.1) is 0 Å². The zero-order chi connectivity index (χ0) is 6.54. The second kappa shape index (κ2) is 1.31. The minimum atomic E-state index is -0.852. The van der Waals surface area contributed by atoms with Gasteiger partial charge in [-0.2, -0.15) is 0 Å². The Hall–Kier alpha value is -0.110. The van der Waals surface area contributed by atoms with Crippen molar-refractivity contribution in [2.75, 3.05) is 0 Å². The number of hydrogen-bond acceptors (Lipinski definition) is 1. The molecule has 0 aliphatic heterocycles. The van der Waals surface area contributed by atoms with Gasteiger partial charge in [0, 0.05) is 5.54 Å². The molecule has 0 unspecified atom stereocenters. The van der Waals surface area contributed by atoms with Gasteiger partial charge >= 0.3 is 0 Å². The van der Waals surface area contributed by atoms with Gasteiger partial charge in [0.25, 0.3) is 0 Å². The summed E-state index contributed by atoms with van der Waals surface area (Å²) in [4.78, 5) is 0. The van der Waals surface area contributed by atoms with E-state index in [9.17, 15) is 4.39 Å². The number of hydrogen-bond donors (Lipinski definition) is 1. The summed E-state index contributed by atoms with van der Waals surface area (Å²) in [6.07, 6.45) is 3.86. The Morgan fingerprint density at radius 2 is 1.67 bits per heavy atom. The molecule has 52 valence electrons. The van der Waals surface area contributed by atoms with Gasteiger partial charge in [-0.05, 0) is 32.1 Å². The van der Waals surface area contributed by atoms with Crippen molar-refractivity contribution in [2.24, 2.45) is 5.73 Å². The molecule has 2 fully saturated rings. The summed E-state index contributed by atoms with van der Waals surface area (Å²) in [6, 6.07) is 0. The normalized spacial score (nSPS) is 56.7. The zero-order valence-electron chi connectivity index (χ0n) is 5.49. The first-order chi connectivity index (χ1) is 4.12. The molecule has 2 heteroatoms. The summed E-state index contributed by atoms with van der Waals surface area (Å²) in [7, 11) is 0. The Kier molecular flexibility index (Phi) is 0.825. The SMILES string of the molecule is NC12CCC(F)(CC1)C2. The molecule has 2 N–H and O–H groups in total. The van der Waals surface area contributed by atoms with E-state index in [-0.39, 0.29) is 5.54 Å². The highest BCUT2D eigenvalue weighted by molar-refractivity contribution is 5.08. The number of alkyl halides is 1. The van der Waals surface area contributed by atoms with E-state index in [2.05, 4.69) is 0 Å². The first-order valence-electron chi connectivity index (χ1n) is 3.60. The molecule has 2 saturated carbocycles. The fourth-order valence-corrected chi connectivity index (χ4v) is 2.18. The second-order valence-electron chi connectivity index (χ2n) is 3.69. The fourth-order valence-electron chi connectivity index (χ4n) is 2.18. The van der Waals surface area contributed by atoms with Gasteiger partial charge in [-0.1, -0.05) is 0 Å². The van der Waals surface area contributed by atoms with E-state index in [1.807, 2.05) is 0 Å². The molecule has 0 aromatic carbocycles. The monoisotopic (exact) mass is 129 g/mol. The van der Waals surface area contributed by atoms with Crippen LogP contribution in [0.2, 0.25) is 0 Å². The molecule has 1 nitrogen and oxygen atoms in total. The van der Waals surface area contributed by atoms with Crippen molar-refractivity contribution in [1.82, 2.24) is 0 Å². The van der Waals surface area contributed by atoms with Gasteiger partial charge in [0.15, 0.2) is 0 Å². The predicted molar refractivity (Wildman–Crippen MR) is 33.8 cm³/mol. The molecule has 0 heterocycles. The Bertz CT molecular complexity index is 120. The maximum Gasteiger partial charge on any atom is 0.113 e. The summed E-state index contributed by atoms with van der Waals surface area (Å²) in [5, 5.41) is 0. The summed E-state index contributed by atoms with van der Waals surface area (Å²) < 4.78 is 13.2. The average molecular weight is 129 g/mol. The van der Waals surface area contributed by atoms with Gasteiger partial charge in [-0.3, -0.25) is 0 Å². The zero-order valence-corrected chi connectivity index (χ0v) is 5.49. The van der Waals surface area contributed by atoms with E-state index in [4.69, 9.17) is 5.73 Å². The summed E-state index contributed by atoms with van der Waals surface area (Å²) in [5.41, 5.74) is 4.89. The Balaban J connectivity index is 2.25. The molecule has 2 rings (SSSR count). The Labute approximate surface area is 54.4 Å². The molecule has 0 aromatic heterocycles. The van der Waals surface area contributed by atoms with Crippen LogP contribution in [0.15, 0.2) is 0 Å². The molecule has 2 bridgehead atoms. The molecule has 0 amide bonds. The van der Waals surface area contributed by atoms with Crippen LogP contribution >= 0.6 is 0 Å². The van der Waals surface area contributed by atoms with Crippen molar-refractivity contribution in [3.05, 3.63) is 0 Å². The van der Waals surface area contributed by atoms with Crippen molar-refractivity contribution in [1.29, 1.82) is 0 Å². The number of nitrogens with two attached hydrogens (primary N) is 1. The van der Waals surface area contributed by atoms with Crippen molar-refractivity contribution < 1.29 is 4.39 Å². The smallest absolute Gasteiger partial charge is 0.113 e. The molecule has 9 heavy (non-hydrogen) atoms. The molecule has 0 saturated heterocycles. The van der Waals surface area contributed by atoms with Crippen molar-refractivity contribution >= 4 is 0 Å². The fraction of sp³-hybridized carbons (Fsp3) is 1.00. The van der Waals surface area contributed by atoms with E-state index < -0.39 is 5.67 Å². The Morgan fingerprint density at radius 3 is 1.78 bits per heavy atom. The van der Waals surface area contributed by atoms with Crippen LogP contribution in [0.25, 0.3) is 0 Å². The average Bonchev–Trinajstić information content (AvgIpc) is 2.19. The van der Waals surface area contributed by atoms with Gasteiger partial charge < -0.3 is 5.73 Å². The van der Waals surface area contributed by atoms with Crippen LogP contribution in [-0.4, -0.2) is 11.2 Å². The van der Waals surface area contributed by atoms with Crippen LogP contribution in [0.5, 0.6) is 0 Å². The Morgan fingerprint density at radius 1 is 1.11 bits per heavy atom. The third kappa shape index (κ3) is 0.692. The van der Waals surface area contributed by atoms with Gasteiger partial charge in [-0.15, -0.1) is 0 Å². The number of rotatable bonds is 0. The first kappa shape index (κ1) is 5.66. The minimum absolute atomic E-state index is 0.102. The van der Waals surface area contributed by atoms with Crippen LogP contribution in [-0.2, 0) is 0 Å². The molecule has 2 aliphatic carbocycles.